The van der Waals surface area contributed by atoms with Gasteiger partial charge in [0.1, 0.15) is 0 Å². The van der Waals surface area contributed by atoms with Crippen molar-refractivity contribution in [1.29, 1.82) is 0 Å². The molecule has 1 unspecified atom stereocenters. The van der Waals surface area contributed by atoms with Gasteiger partial charge in [-0.05, 0) is 41.8 Å². The Kier molecular flexibility index (Phi) is 5.37. The van der Waals surface area contributed by atoms with E-state index in [1.165, 1.54) is 12.1 Å². The molecule has 1 aliphatic heterocycles. The summed E-state index contributed by atoms with van der Waals surface area (Å²) < 4.78 is 39.7. The lowest BCUT2D eigenvalue weighted by Crippen LogP contribution is -2.45. The fraction of sp³-hybridized carbons (Fsp3) is 0.368. The van der Waals surface area contributed by atoms with Gasteiger partial charge < -0.3 is 5.32 Å². The van der Waals surface area contributed by atoms with E-state index in [4.69, 9.17) is 11.6 Å². The first kappa shape index (κ1) is 18.2. The molecule has 0 radical (unpaired) electrons. The molecule has 1 N–H and O–H groups in total. The average molecular weight is 369 g/mol. The van der Waals surface area contributed by atoms with E-state index in [0.717, 1.165) is 43.4 Å². The Labute approximate surface area is 150 Å². The van der Waals surface area contributed by atoms with Crippen LogP contribution in [0.2, 0.25) is 5.02 Å². The molecule has 6 heteroatoms. The number of hydrogen-bond donors (Lipinski definition) is 1. The second-order valence-electron chi connectivity index (χ2n) is 6.28. The van der Waals surface area contributed by atoms with E-state index in [1.807, 2.05) is 31.2 Å². The molecule has 0 spiro atoms. The molecular weight excluding hydrogens is 349 g/mol. The first-order valence-electron chi connectivity index (χ1n) is 8.25. The lowest BCUT2D eigenvalue weighted by molar-refractivity contribution is -0.137. The van der Waals surface area contributed by atoms with Crippen molar-refractivity contribution in [2.24, 2.45) is 0 Å². The number of rotatable bonds is 3. The number of nitrogens with one attached hydrogen (secondary N) is 1. The van der Waals surface area contributed by atoms with Gasteiger partial charge in [0.15, 0.2) is 0 Å². The highest BCUT2D eigenvalue weighted by Gasteiger charge is 2.33. The smallest absolute Gasteiger partial charge is 0.314 e. The highest BCUT2D eigenvalue weighted by atomic mass is 35.5. The summed E-state index contributed by atoms with van der Waals surface area (Å²) in [6, 6.07) is 11.1. The van der Waals surface area contributed by atoms with Crippen molar-refractivity contribution in [2.45, 2.75) is 19.1 Å². The molecule has 25 heavy (non-hydrogen) atoms. The Morgan fingerprint density at radius 3 is 2.36 bits per heavy atom. The minimum Gasteiger partial charge on any atom is -0.314 e. The lowest BCUT2D eigenvalue weighted by atomic mass is 9.92. The second kappa shape index (κ2) is 7.36. The normalized spacial score (nSPS) is 17.5. The largest absolute Gasteiger partial charge is 0.416 e. The Bertz CT molecular complexity index is 740. The monoisotopic (exact) mass is 368 g/mol. The highest BCUT2D eigenvalue weighted by molar-refractivity contribution is 6.31. The molecule has 1 fully saturated rings. The maximum atomic E-state index is 13.2. The molecule has 0 saturated carbocycles. The van der Waals surface area contributed by atoms with Gasteiger partial charge in [-0.1, -0.05) is 35.9 Å². The highest BCUT2D eigenvalue weighted by Crippen LogP contribution is 2.39. The van der Waals surface area contributed by atoms with E-state index in [-0.39, 0.29) is 6.04 Å². The first-order valence-corrected chi connectivity index (χ1v) is 8.62. The van der Waals surface area contributed by atoms with Crippen LogP contribution >= 0.6 is 11.6 Å². The summed E-state index contributed by atoms with van der Waals surface area (Å²) in [6.07, 6.45) is -4.39. The SMILES string of the molecule is Cc1ccccc1C(c1cc(C(F)(F)F)ccc1Cl)N1CCNCC1. The maximum Gasteiger partial charge on any atom is 0.416 e. The van der Waals surface area contributed by atoms with E-state index in [0.29, 0.717) is 10.6 Å². The third kappa shape index (κ3) is 4.00. The van der Waals surface area contributed by atoms with E-state index >= 15 is 0 Å². The molecule has 2 nitrogen and oxygen atoms in total. The zero-order chi connectivity index (χ0) is 18.0. The van der Waals surface area contributed by atoms with Gasteiger partial charge >= 0.3 is 6.18 Å². The van der Waals surface area contributed by atoms with Crippen LogP contribution in [0.5, 0.6) is 0 Å². The van der Waals surface area contributed by atoms with Gasteiger partial charge in [-0.25, -0.2) is 0 Å². The number of alkyl halides is 3. The zero-order valence-corrected chi connectivity index (χ0v) is 14.7. The molecule has 3 rings (SSSR count). The topological polar surface area (TPSA) is 15.3 Å². The molecule has 2 aromatic carbocycles. The van der Waals surface area contributed by atoms with Gasteiger partial charge in [0, 0.05) is 31.2 Å². The Hall–Kier alpha value is -1.56. The number of aryl methyl sites for hydroxylation is 1. The molecule has 134 valence electrons. The molecule has 1 heterocycles. The van der Waals surface area contributed by atoms with Crippen LogP contribution in [-0.4, -0.2) is 31.1 Å². The van der Waals surface area contributed by atoms with Crippen LogP contribution in [0, 0.1) is 6.92 Å². The standard InChI is InChI=1S/C19H20ClF3N2/c1-13-4-2-3-5-15(13)18(25-10-8-24-9-11-25)16-12-14(19(21,22)23)6-7-17(16)20/h2-7,12,18,24H,8-11H2,1H3. The number of halogens is 4. The summed E-state index contributed by atoms with van der Waals surface area (Å²) in [5.74, 6) is 0. The molecule has 2 aromatic rings. The van der Waals surface area contributed by atoms with E-state index in [9.17, 15) is 13.2 Å². The summed E-state index contributed by atoms with van der Waals surface area (Å²) in [7, 11) is 0. The predicted octanol–water partition coefficient (Wildman–Crippen LogP) is 4.66. The van der Waals surface area contributed by atoms with Crippen LogP contribution in [0.25, 0.3) is 0 Å². The van der Waals surface area contributed by atoms with Crippen molar-refractivity contribution in [3.8, 4) is 0 Å². The molecule has 1 saturated heterocycles. The molecule has 1 aliphatic rings. The number of benzene rings is 2. The van der Waals surface area contributed by atoms with Gasteiger partial charge in [0.05, 0.1) is 11.6 Å². The van der Waals surface area contributed by atoms with Gasteiger partial charge in [-0.15, -0.1) is 0 Å². The van der Waals surface area contributed by atoms with Crippen molar-refractivity contribution in [3.63, 3.8) is 0 Å². The average Bonchev–Trinajstić information content (AvgIpc) is 2.58. The third-order valence-electron chi connectivity index (χ3n) is 4.62. The van der Waals surface area contributed by atoms with Crippen LogP contribution in [0.4, 0.5) is 13.2 Å². The summed E-state index contributed by atoms with van der Waals surface area (Å²) >= 11 is 6.35. The molecule has 1 atom stereocenters. The Morgan fingerprint density at radius 1 is 1.04 bits per heavy atom. The van der Waals surface area contributed by atoms with E-state index in [1.54, 1.807) is 0 Å². The Balaban J connectivity index is 2.13. The lowest BCUT2D eigenvalue weighted by Gasteiger charge is -2.37. The summed E-state index contributed by atoms with van der Waals surface area (Å²) in [4.78, 5) is 2.19. The van der Waals surface area contributed by atoms with Crippen molar-refractivity contribution >= 4 is 11.6 Å². The fourth-order valence-corrected chi connectivity index (χ4v) is 3.55. The van der Waals surface area contributed by atoms with Gasteiger partial charge in [-0.3, -0.25) is 4.90 Å². The molecule has 0 amide bonds. The van der Waals surface area contributed by atoms with Crippen molar-refractivity contribution in [3.05, 3.63) is 69.7 Å². The maximum absolute atomic E-state index is 13.2. The molecular formula is C19H20ClF3N2. The van der Waals surface area contributed by atoms with Gasteiger partial charge in [0.2, 0.25) is 0 Å². The first-order chi connectivity index (χ1) is 11.9. The van der Waals surface area contributed by atoms with Crippen LogP contribution in [0.3, 0.4) is 0 Å². The minimum atomic E-state index is -4.39. The van der Waals surface area contributed by atoms with Crippen molar-refractivity contribution in [2.75, 3.05) is 26.2 Å². The number of piperazine rings is 1. The van der Waals surface area contributed by atoms with Crippen LogP contribution in [0.15, 0.2) is 42.5 Å². The fourth-order valence-electron chi connectivity index (χ4n) is 3.32. The van der Waals surface area contributed by atoms with Gasteiger partial charge in [0.25, 0.3) is 0 Å². The van der Waals surface area contributed by atoms with Crippen LogP contribution < -0.4 is 5.32 Å². The second-order valence-corrected chi connectivity index (χ2v) is 6.69. The number of hydrogen-bond acceptors (Lipinski definition) is 2. The Morgan fingerprint density at radius 2 is 1.72 bits per heavy atom. The summed E-state index contributed by atoms with van der Waals surface area (Å²) in [5.41, 5.74) is 1.87. The van der Waals surface area contributed by atoms with Crippen molar-refractivity contribution in [1.82, 2.24) is 10.2 Å². The van der Waals surface area contributed by atoms with Crippen molar-refractivity contribution < 1.29 is 13.2 Å². The van der Waals surface area contributed by atoms with Crippen LogP contribution in [-0.2, 0) is 6.18 Å². The summed E-state index contributed by atoms with van der Waals surface area (Å²) in [5, 5.41) is 3.64. The zero-order valence-electron chi connectivity index (χ0n) is 13.9. The number of nitrogens with zero attached hydrogens (tertiary/aromatic N) is 1. The molecule has 0 bridgehead atoms. The van der Waals surface area contributed by atoms with E-state index < -0.39 is 11.7 Å². The quantitative estimate of drug-likeness (QED) is 0.847. The summed E-state index contributed by atoms with van der Waals surface area (Å²) in [6.45, 7) is 5.10. The van der Waals surface area contributed by atoms with E-state index in [2.05, 4.69) is 10.2 Å². The molecule has 0 aromatic heterocycles. The minimum absolute atomic E-state index is 0.293. The van der Waals surface area contributed by atoms with Crippen LogP contribution in [0.1, 0.15) is 28.3 Å². The predicted molar refractivity (Wildman–Crippen MR) is 93.9 cm³/mol. The third-order valence-corrected chi connectivity index (χ3v) is 4.96. The molecule has 0 aliphatic carbocycles. The van der Waals surface area contributed by atoms with Gasteiger partial charge in [-0.2, -0.15) is 13.2 Å².